The first kappa shape index (κ1) is 10.5. The maximum Gasteiger partial charge on any atom is 0.229 e. The van der Waals surface area contributed by atoms with Gasteiger partial charge in [-0.05, 0) is 38.2 Å². The topological polar surface area (TPSA) is 20.3 Å². The highest BCUT2D eigenvalue weighted by atomic mass is 16.2. The molecule has 1 aliphatic carbocycles. The highest BCUT2D eigenvalue weighted by Gasteiger charge is 2.24. The number of carbonyl (C=O) groups is 1. The van der Waals surface area contributed by atoms with Gasteiger partial charge in [-0.25, -0.2) is 0 Å². The number of rotatable bonds is 2. The molecule has 0 saturated carbocycles. The van der Waals surface area contributed by atoms with Crippen molar-refractivity contribution in [2.45, 2.75) is 32.6 Å². The molecule has 0 N–H and O–H groups in total. The maximum atomic E-state index is 12.1. The van der Waals surface area contributed by atoms with Gasteiger partial charge in [0.15, 0.2) is 0 Å². The summed E-state index contributed by atoms with van der Waals surface area (Å²) >= 11 is 0. The fourth-order valence-corrected chi connectivity index (χ4v) is 2.31. The fraction of sp³-hybridized carbons (Fsp3) is 0.615. The standard InChI is InChI=1S/C13H19NO/c1-11(12-7-3-2-4-8-12)13(15)14-9-5-6-10-14/h3,7-8,11H,2,4-6,9-10H2,1H3. The van der Waals surface area contributed by atoms with Gasteiger partial charge in [-0.3, -0.25) is 4.79 Å². The molecule has 2 rings (SSSR count). The number of allylic oxidation sites excluding steroid dienone is 3. The molecule has 0 radical (unpaired) electrons. The summed E-state index contributed by atoms with van der Waals surface area (Å²) in [6, 6.07) is 0. The van der Waals surface area contributed by atoms with Gasteiger partial charge in [-0.1, -0.05) is 18.2 Å². The van der Waals surface area contributed by atoms with Crippen molar-refractivity contribution in [3.05, 3.63) is 23.8 Å². The molecule has 1 fully saturated rings. The van der Waals surface area contributed by atoms with E-state index < -0.39 is 0 Å². The number of likely N-dealkylation sites (tertiary alicyclic amines) is 1. The zero-order valence-electron chi connectivity index (χ0n) is 9.41. The summed E-state index contributed by atoms with van der Waals surface area (Å²) in [5, 5.41) is 0. The van der Waals surface area contributed by atoms with Gasteiger partial charge in [0.1, 0.15) is 0 Å². The monoisotopic (exact) mass is 205 g/mol. The van der Waals surface area contributed by atoms with Gasteiger partial charge in [0, 0.05) is 13.1 Å². The first-order chi connectivity index (χ1) is 7.29. The van der Waals surface area contributed by atoms with Crippen LogP contribution in [-0.2, 0) is 4.79 Å². The van der Waals surface area contributed by atoms with Crippen LogP contribution in [0.4, 0.5) is 0 Å². The van der Waals surface area contributed by atoms with Crippen LogP contribution in [0.3, 0.4) is 0 Å². The van der Waals surface area contributed by atoms with Gasteiger partial charge >= 0.3 is 0 Å². The highest BCUT2D eigenvalue weighted by Crippen LogP contribution is 2.22. The summed E-state index contributed by atoms with van der Waals surface area (Å²) in [5.41, 5.74) is 1.21. The van der Waals surface area contributed by atoms with Crippen LogP contribution in [0.25, 0.3) is 0 Å². The van der Waals surface area contributed by atoms with E-state index in [0.717, 1.165) is 25.9 Å². The predicted molar refractivity (Wildman–Crippen MR) is 61.4 cm³/mol. The molecule has 1 heterocycles. The third-order valence-corrected chi connectivity index (χ3v) is 3.31. The number of hydrogen-bond donors (Lipinski definition) is 0. The minimum Gasteiger partial charge on any atom is -0.342 e. The molecule has 1 amide bonds. The molecule has 82 valence electrons. The summed E-state index contributed by atoms with van der Waals surface area (Å²) < 4.78 is 0. The van der Waals surface area contributed by atoms with Crippen molar-refractivity contribution < 1.29 is 4.79 Å². The van der Waals surface area contributed by atoms with Crippen LogP contribution in [0.2, 0.25) is 0 Å². The molecule has 0 spiro atoms. The van der Waals surface area contributed by atoms with E-state index >= 15 is 0 Å². The molecule has 1 saturated heterocycles. The van der Waals surface area contributed by atoms with Crippen molar-refractivity contribution in [1.29, 1.82) is 0 Å². The molecular weight excluding hydrogens is 186 g/mol. The number of hydrogen-bond acceptors (Lipinski definition) is 1. The van der Waals surface area contributed by atoms with E-state index in [1.807, 2.05) is 11.8 Å². The zero-order valence-corrected chi connectivity index (χ0v) is 9.41. The summed E-state index contributed by atoms with van der Waals surface area (Å²) in [4.78, 5) is 14.1. The summed E-state index contributed by atoms with van der Waals surface area (Å²) in [6.07, 6.45) is 11.0. The third-order valence-electron chi connectivity index (χ3n) is 3.31. The Labute approximate surface area is 91.6 Å². The van der Waals surface area contributed by atoms with Gasteiger partial charge in [-0.2, -0.15) is 0 Å². The van der Waals surface area contributed by atoms with Gasteiger partial charge in [0.25, 0.3) is 0 Å². The van der Waals surface area contributed by atoms with Crippen molar-refractivity contribution in [3.8, 4) is 0 Å². The molecule has 0 bridgehead atoms. The molecule has 15 heavy (non-hydrogen) atoms. The van der Waals surface area contributed by atoms with Crippen LogP contribution in [-0.4, -0.2) is 23.9 Å². The van der Waals surface area contributed by atoms with Crippen molar-refractivity contribution in [3.63, 3.8) is 0 Å². The number of amides is 1. The summed E-state index contributed by atoms with van der Waals surface area (Å²) in [7, 11) is 0. The second-order valence-electron chi connectivity index (χ2n) is 4.44. The molecule has 2 heteroatoms. The lowest BCUT2D eigenvalue weighted by Crippen LogP contribution is -2.33. The minimum atomic E-state index is 0.0552. The molecule has 2 aliphatic rings. The molecule has 2 nitrogen and oxygen atoms in total. The Morgan fingerprint density at radius 1 is 1.33 bits per heavy atom. The minimum absolute atomic E-state index is 0.0552. The molecule has 1 atom stereocenters. The van der Waals surface area contributed by atoms with E-state index in [1.165, 1.54) is 18.4 Å². The maximum absolute atomic E-state index is 12.1. The van der Waals surface area contributed by atoms with E-state index in [2.05, 4.69) is 18.2 Å². The Balaban J connectivity index is 2.00. The number of carbonyl (C=O) groups excluding carboxylic acids is 1. The van der Waals surface area contributed by atoms with Crippen molar-refractivity contribution >= 4 is 5.91 Å². The molecule has 1 aliphatic heterocycles. The first-order valence-electron chi connectivity index (χ1n) is 5.94. The summed E-state index contributed by atoms with van der Waals surface area (Å²) in [6.45, 7) is 3.95. The Kier molecular flexibility index (Phi) is 3.24. The summed E-state index contributed by atoms with van der Waals surface area (Å²) in [5.74, 6) is 0.366. The van der Waals surface area contributed by atoms with E-state index in [1.54, 1.807) is 0 Å². The van der Waals surface area contributed by atoms with Gasteiger partial charge < -0.3 is 4.90 Å². The van der Waals surface area contributed by atoms with E-state index in [0.29, 0.717) is 5.91 Å². The van der Waals surface area contributed by atoms with Crippen LogP contribution in [0, 0.1) is 5.92 Å². The lowest BCUT2D eigenvalue weighted by molar-refractivity contribution is -0.132. The zero-order chi connectivity index (χ0) is 10.7. The quantitative estimate of drug-likeness (QED) is 0.678. The Morgan fingerprint density at radius 2 is 2.07 bits per heavy atom. The Hall–Kier alpha value is -1.05. The molecule has 0 aromatic carbocycles. The van der Waals surface area contributed by atoms with Crippen LogP contribution in [0.15, 0.2) is 23.8 Å². The van der Waals surface area contributed by atoms with Gasteiger partial charge in [-0.15, -0.1) is 0 Å². The Morgan fingerprint density at radius 3 is 2.67 bits per heavy atom. The smallest absolute Gasteiger partial charge is 0.229 e. The predicted octanol–water partition coefficient (Wildman–Crippen LogP) is 2.52. The van der Waals surface area contributed by atoms with Crippen molar-refractivity contribution in [2.24, 2.45) is 5.92 Å². The fourth-order valence-electron chi connectivity index (χ4n) is 2.31. The van der Waals surface area contributed by atoms with Gasteiger partial charge in [0.2, 0.25) is 5.91 Å². The third kappa shape index (κ3) is 2.31. The van der Waals surface area contributed by atoms with Crippen LogP contribution >= 0.6 is 0 Å². The molecule has 0 aromatic rings. The van der Waals surface area contributed by atoms with E-state index in [-0.39, 0.29) is 5.92 Å². The van der Waals surface area contributed by atoms with E-state index in [9.17, 15) is 4.79 Å². The Bertz CT molecular complexity index is 298. The largest absolute Gasteiger partial charge is 0.342 e. The molecule has 0 aromatic heterocycles. The first-order valence-corrected chi connectivity index (χ1v) is 5.94. The SMILES string of the molecule is CC(C(=O)N1CCCC1)C1=CCCC=C1. The average Bonchev–Trinajstić information content (AvgIpc) is 2.82. The van der Waals surface area contributed by atoms with Crippen molar-refractivity contribution in [1.82, 2.24) is 4.90 Å². The lowest BCUT2D eigenvalue weighted by Gasteiger charge is -2.22. The van der Waals surface area contributed by atoms with Gasteiger partial charge in [0.05, 0.1) is 5.92 Å². The van der Waals surface area contributed by atoms with E-state index in [4.69, 9.17) is 0 Å². The van der Waals surface area contributed by atoms with Crippen LogP contribution < -0.4 is 0 Å². The average molecular weight is 205 g/mol. The molecule has 1 unspecified atom stereocenters. The normalized spacial score (nSPS) is 22.7. The highest BCUT2D eigenvalue weighted by molar-refractivity contribution is 5.82. The van der Waals surface area contributed by atoms with Crippen LogP contribution in [0.5, 0.6) is 0 Å². The lowest BCUT2D eigenvalue weighted by atomic mass is 9.94. The molecular formula is C13H19NO. The van der Waals surface area contributed by atoms with Crippen molar-refractivity contribution in [2.75, 3.05) is 13.1 Å². The number of nitrogens with zero attached hydrogens (tertiary/aromatic N) is 1. The van der Waals surface area contributed by atoms with Crippen LogP contribution in [0.1, 0.15) is 32.6 Å². The second kappa shape index (κ2) is 4.65. The second-order valence-corrected chi connectivity index (χ2v) is 4.44.